The van der Waals surface area contributed by atoms with E-state index in [0.717, 1.165) is 51.4 Å². The van der Waals surface area contributed by atoms with Crippen molar-refractivity contribution in [1.29, 1.82) is 0 Å². The van der Waals surface area contributed by atoms with Crippen molar-refractivity contribution in [2.75, 3.05) is 18.8 Å². The van der Waals surface area contributed by atoms with Gasteiger partial charge in [-0.05, 0) is 31.6 Å². The Labute approximate surface area is 145 Å². The second-order valence-electron chi connectivity index (χ2n) is 7.44. The lowest BCUT2D eigenvalue weighted by atomic mass is 9.87. The molecule has 2 aliphatic carbocycles. The lowest BCUT2D eigenvalue weighted by Gasteiger charge is -2.44. The lowest BCUT2D eigenvalue weighted by molar-refractivity contribution is -0.132. The van der Waals surface area contributed by atoms with E-state index >= 15 is 0 Å². The van der Waals surface area contributed by atoms with Gasteiger partial charge in [0, 0.05) is 25.6 Å². The Morgan fingerprint density at radius 2 is 1.83 bits per heavy atom. The molecule has 0 radical (unpaired) electrons. The molecule has 2 saturated carbocycles. The molecule has 3 fully saturated rings. The predicted molar refractivity (Wildman–Crippen MR) is 93.4 cm³/mol. The van der Waals surface area contributed by atoms with Crippen molar-refractivity contribution in [2.24, 2.45) is 11.7 Å². The molecule has 1 amide bonds. The number of sulfone groups is 1. The summed E-state index contributed by atoms with van der Waals surface area (Å²) in [4.78, 5) is 14.4. The smallest absolute Gasteiger partial charge is 0.222 e. The second kappa shape index (κ2) is 7.28. The summed E-state index contributed by atoms with van der Waals surface area (Å²) in [6, 6.07) is 0.140. The van der Waals surface area contributed by atoms with E-state index in [1.54, 1.807) is 0 Å². The number of hydrogen-bond donors (Lipinski definition) is 1. The van der Waals surface area contributed by atoms with Gasteiger partial charge in [0.15, 0.2) is 9.84 Å². The van der Waals surface area contributed by atoms with Crippen LogP contribution < -0.4 is 5.73 Å². The quantitative estimate of drug-likeness (QED) is 0.811. The maximum Gasteiger partial charge on any atom is 0.222 e. The summed E-state index contributed by atoms with van der Waals surface area (Å²) >= 11 is 0. The van der Waals surface area contributed by atoms with Gasteiger partial charge in [0.25, 0.3) is 0 Å². The fourth-order valence-electron chi connectivity index (χ4n) is 4.52. The van der Waals surface area contributed by atoms with E-state index < -0.39 is 14.6 Å². The van der Waals surface area contributed by atoms with Crippen molar-refractivity contribution in [3.63, 3.8) is 0 Å². The highest BCUT2D eigenvalue weighted by molar-refractivity contribution is 7.92. The van der Waals surface area contributed by atoms with Crippen LogP contribution in [0.3, 0.4) is 0 Å². The predicted octanol–water partition coefficient (Wildman–Crippen LogP) is 1.89. The summed E-state index contributed by atoms with van der Waals surface area (Å²) in [5.74, 6) is 0.533. The Kier molecular flexibility index (Phi) is 6.01. The molecule has 0 aromatic carbocycles. The molecule has 1 spiro atoms. The third-order valence-corrected chi connectivity index (χ3v) is 8.62. The topological polar surface area (TPSA) is 80.5 Å². The van der Waals surface area contributed by atoms with Crippen molar-refractivity contribution in [1.82, 2.24) is 4.90 Å². The van der Waals surface area contributed by atoms with Crippen LogP contribution in [-0.2, 0) is 14.6 Å². The molecule has 0 aromatic rings. The maximum atomic E-state index is 12.6. The van der Waals surface area contributed by atoms with E-state index in [4.69, 9.17) is 5.73 Å². The standard InChI is InChI=1S/C16H28N2O3S.ClH/c17-14-6-4-5-13(14)11-15(19)18-9-10-22(20,21)16(12-18)7-2-1-3-8-16;/h13-14H,1-12,17H2;1H/t13-,14+;/m0./s1. The van der Waals surface area contributed by atoms with Crippen LogP contribution in [0.25, 0.3) is 0 Å². The van der Waals surface area contributed by atoms with Gasteiger partial charge >= 0.3 is 0 Å². The van der Waals surface area contributed by atoms with Crippen molar-refractivity contribution in [2.45, 2.75) is 68.6 Å². The Balaban J connectivity index is 0.00000192. The Hall–Kier alpha value is -0.330. The minimum Gasteiger partial charge on any atom is -0.340 e. The molecule has 134 valence electrons. The monoisotopic (exact) mass is 364 g/mol. The van der Waals surface area contributed by atoms with Crippen molar-refractivity contribution in [3.8, 4) is 0 Å². The molecule has 7 heteroatoms. The van der Waals surface area contributed by atoms with Crippen LogP contribution in [0.1, 0.15) is 57.8 Å². The van der Waals surface area contributed by atoms with Crippen LogP contribution in [-0.4, -0.2) is 48.9 Å². The Bertz CT molecular complexity index is 531. The molecule has 1 aliphatic heterocycles. The first-order valence-electron chi connectivity index (χ1n) is 8.69. The second-order valence-corrected chi connectivity index (χ2v) is 9.94. The van der Waals surface area contributed by atoms with Gasteiger partial charge in [-0.2, -0.15) is 0 Å². The lowest BCUT2D eigenvalue weighted by Crippen LogP contribution is -2.58. The summed E-state index contributed by atoms with van der Waals surface area (Å²) in [5.41, 5.74) is 6.07. The van der Waals surface area contributed by atoms with E-state index in [0.29, 0.717) is 19.5 Å². The third kappa shape index (κ3) is 3.69. The number of halogens is 1. The summed E-state index contributed by atoms with van der Waals surface area (Å²) in [5, 5.41) is 0. The van der Waals surface area contributed by atoms with Gasteiger partial charge < -0.3 is 10.6 Å². The SMILES string of the molecule is Cl.N[C@@H]1CCC[C@H]1CC(=O)N1CCS(=O)(=O)C2(CCCCC2)C1. The number of rotatable bonds is 2. The highest BCUT2D eigenvalue weighted by Gasteiger charge is 2.49. The van der Waals surface area contributed by atoms with Gasteiger partial charge in [-0.3, -0.25) is 4.79 Å². The number of nitrogens with two attached hydrogens (primary N) is 1. The van der Waals surface area contributed by atoms with Crippen LogP contribution in [0, 0.1) is 5.92 Å². The Morgan fingerprint density at radius 1 is 1.13 bits per heavy atom. The van der Waals surface area contributed by atoms with Crippen LogP contribution in [0.4, 0.5) is 0 Å². The fraction of sp³-hybridized carbons (Fsp3) is 0.938. The molecule has 0 bridgehead atoms. The summed E-state index contributed by atoms with van der Waals surface area (Å²) in [7, 11) is -3.07. The summed E-state index contributed by atoms with van der Waals surface area (Å²) in [6.07, 6.45) is 8.14. The zero-order valence-corrected chi connectivity index (χ0v) is 15.3. The molecule has 0 aromatic heterocycles. The molecular weight excluding hydrogens is 336 g/mol. The first-order valence-corrected chi connectivity index (χ1v) is 10.3. The van der Waals surface area contributed by atoms with Crippen molar-refractivity contribution < 1.29 is 13.2 Å². The number of amides is 1. The maximum absolute atomic E-state index is 12.6. The molecule has 0 unspecified atom stereocenters. The van der Waals surface area contributed by atoms with E-state index in [1.165, 1.54) is 0 Å². The van der Waals surface area contributed by atoms with Gasteiger partial charge in [-0.1, -0.05) is 25.7 Å². The molecule has 1 heterocycles. The Morgan fingerprint density at radius 3 is 2.43 bits per heavy atom. The molecule has 2 N–H and O–H groups in total. The van der Waals surface area contributed by atoms with Crippen molar-refractivity contribution in [3.05, 3.63) is 0 Å². The van der Waals surface area contributed by atoms with E-state index in [9.17, 15) is 13.2 Å². The molecular formula is C16H29ClN2O3S. The number of nitrogens with zero attached hydrogens (tertiary/aromatic N) is 1. The van der Waals surface area contributed by atoms with Gasteiger partial charge in [0.1, 0.15) is 0 Å². The molecule has 2 atom stereocenters. The van der Waals surface area contributed by atoms with Gasteiger partial charge in [0.05, 0.1) is 10.5 Å². The van der Waals surface area contributed by atoms with E-state index in [2.05, 4.69) is 0 Å². The highest BCUT2D eigenvalue weighted by Crippen LogP contribution is 2.39. The van der Waals surface area contributed by atoms with E-state index in [-0.39, 0.29) is 36.0 Å². The molecule has 23 heavy (non-hydrogen) atoms. The zero-order chi connectivity index (χ0) is 15.8. The average Bonchev–Trinajstić information content (AvgIpc) is 2.88. The third-order valence-electron chi connectivity index (χ3n) is 6.04. The molecule has 5 nitrogen and oxygen atoms in total. The van der Waals surface area contributed by atoms with Crippen LogP contribution >= 0.6 is 12.4 Å². The van der Waals surface area contributed by atoms with Gasteiger partial charge in [0.2, 0.25) is 5.91 Å². The summed E-state index contributed by atoms with van der Waals surface area (Å²) in [6.45, 7) is 0.779. The first-order chi connectivity index (χ1) is 10.4. The van der Waals surface area contributed by atoms with Crippen molar-refractivity contribution >= 4 is 28.2 Å². The van der Waals surface area contributed by atoms with Crippen LogP contribution in [0.15, 0.2) is 0 Å². The minimum atomic E-state index is -3.07. The number of hydrogen-bond acceptors (Lipinski definition) is 4. The van der Waals surface area contributed by atoms with Gasteiger partial charge in [-0.25, -0.2) is 8.42 Å². The largest absolute Gasteiger partial charge is 0.340 e. The number of carbonyl (C=O) groups excluding carboxylic acids is 1. The van der Waals surface area contributed by atoms with Crippen LogP contribution in [0.5, 0.6) is 0 Å². The minimum absolute atomic E-state index is 0. The van der Waals surface area contributed by atoms with Gasteiger partial charge in [-0.15, -0.1) is 12.4 Å². The normalized spacial score (nSPS) is 32.5. The first kappa shape index (κ1) is 19.0. The summed E-state index contributed by atoms with van der Waals surface area (Å²) < 4.78 is 24.5. The number of carbonyl (C=O) groups is 1. The van der Waals surface area contributed by atoms with E-state index in [1.807, 2.05) is 4.90 Å². The molecule has 1 saturated heterocycles. The highest BCUT2D eigenvalue weighted by atomic mass is 35.5. The van der Waals surface area contributed by atoms with Crippen LogP contribution in [0.2, 0.25) is 0 Å². The fourth-order valence-corrected chi connectivity index (χ4v) is 6.68. The molecule has 3 aliphatic rings. The average molecular weight is 365 g/mol. The molecule has 3 rings (SSSR count). The zero-order valence-electron chi connectivity index (χ0n) is 13.7.